The molecular weight excluding hydrogens is 437 g/mol. The highest BCUT2D eigenvalue weighted by Gasteiger charge is 2.30. The number of nitrogens with one attached hydrogen (secondary N) is 2. The van der Waals surface area contributed by atoms with Gasteiger partial charge in [0.05, 0.1) is 12.1 Å². The average molecular weight is 457 g/mol. The number of hydrogen-bond donors (Lipinski definition) is 2. The van der Waals surface area contributed by atoms with E-state index in [0.29, 0.717) is 11.3 Å². The number of amides is 2. The predicted molar refractivity (Wildman–Crippen MR) is 105 cm³/mol. The van der Waals surface area contributed by atoms with E-state index in [1.54, 1.807) is 19.1 Å². The molecule has 1 unspecified atom stereocenters. The SMILES string of the molecule is Cc1cc(Br)ccc1NC(=O)CNC(=O)CC(C)c1ccc(C(F)(F)F)cc1. The fourth-order valence-electron chi connectivity index (χ4n) is 2.61. The molecule has 0 spiro atoms. The minimum absolute atomic E-state index is 0.0654. The van der Waals surface area contributed by atoms with Crippen molar-refractivity contribution < 1.29 is 22.8 Å². The van der Waals surface area contributed by atoms with Crippen LogP contribution in [0, 0.1) is 6.92 Å². The highest BCUT2D eigenvalue weighted by atomic mass is 79.9. The third kappa shape index (κ3) is 6.37. The highest BCUT2D eigenvalue weighted by molar-refractivity contribution is 9.10. The lowest BCUT2D eigenvalue weighted by molar-refractivity contribution is -0.137. The summed E-state index contributed by atoms with van der Waals surface area (Å²) in [4.78, 5) is 24.0. The number of carbonyl (C=O) groups is 2. The van der Waals surface area contributed by atoms with E-state index in [1.807, 2.05) is 13.0 Å². The minimum Gasteiger partial charge on any atom is -0.347 e. The third-order valence-electron chi connectivity index (χ3n) is 4.21. The Labute approximate surface area is 169 Å². The quantitative estimate of drug-likeness (QED) is 0.640. The summed E-state index contributed by atoms with van der Waals surface area (Å²) in [5, 5.41) is 5.25. The number of carbonyl (C=O) groups excluding carboxylic acids is 2. The summed E-state index contributed by atoms with van der Waals surface area (Å²) in [5.41, 5.74) is 1.43. The van der Waals surface area contributed by atoms with E-state index >= 15 is 0 Å². The average Bonchev–Trinajstić information content (AvgIpc) is 2.62. The van der Waals surface area contributed by atoms with Crippen molar-refractivity contribution in [1.82, 2.24) is 5.32 Å². The van der Waals surface area contributed by atoms with Crippen LogP contribution in [0.2, 0.25) is 0 Å². The van der Waals surface area contributed by atoms with Crippen molar-refractivity contribution in [2.45, 2.75) is 32.4 Å². The van der Waals surface area contributed by atoms with Crippen molar-refractivity contribution in [1.29, 1.82) is 0 Å². The molecule has 8 heteroatoms. The lowest BCUT2D eigenvalue weighted by Crippen LogP contribution is -2.33. The first-order valence-corrected chi connectivity index (χ1v) is 9.35. The van der Waals surface area contributed by atoms with E-state index < -0.39 is 11.7 Å². The number of alkyl halides is 3. The zero-order valence-corrected chi connectivity index (χ0v) is 16.9. The second kappa shape index (κ2) is 9.23. The molecule has 4 nitrogen and oxygen atoms in total. The molecule has 2 amide bonds. The maximum atomic E-state index is 12.6. The fourth-order valence-corrected chi connectivity index (χ4v) is 3.08. The summed E-state index contributed by atoms with van der Waals surface area (Å²) < 4.78 is 38.7. The number of anilines is 1. The summed E-state index contributed by atoms with van der Waals surface area (Å²) in [6, 6.07) is 10.1. The number of rotatable bonds is 6. The van der Waals surface area contributed by atoms with E-state index in [9.17, 15) is 22.8 Å². The van der Waals surface area contributed by atoms with Gasteiger partial charge in [0.1, 0.15) is 0 Å². The number of aryl methyl sites for hydroxylation is 1. The Balaban J connectivity index is 1.83. The molecule has 1 atom stereocenters. The standard InChI is InChI=1S/C20H20BrF3N2O2/c1-12(14-3-5-15(6-4-14)20(22,23)24)10-18(27)25-11-19(28)26-17-8-7-16(21)9-13(17)2/h3-9,12H,10-11H2,1-2H3,(H,25,27)(H,26,28). The second-order valence-corrected chi connectivity index (χ2v) is 7.42. The van der Waals surface area contributed by atoms with Crippen LogP contribution in [0.1, 0.15) is 36.0 Å². The summed E-state index contributed by atoms with van der Waals surface area (Å²) in [6.45, 7) is 3.41. The van der Waals surface area contributed by atoms with Gasteiger partial charge in [0.15, 0.2) is 0 Å². The zero-order chi connectivity index (χ0) is 20.9. The Bertz CT molecular complexity index is 852. The Kier molecular flexibility index (Phi) is 7.23. The lowest BCUT2D eigenvalue weighted by Gasteiger charge is -2.14. The Morgan fingerprint density at radius 1 is 1.07 bits per heavy atom. The van der Waals surface area contributed by atoms with Gasteiger partial charge >= 0.3 is 6.18 Å². The first-order chi connectivity index (χ1) is 13.1. The van der Waals surface area contributed by atoms with Crippen molar-refractivity contribution in [2.24, 2.45) is 0 Å². The molecule has 2 rings (SSSR count). The van der Waals surface area contributed by atoms with Crippen molar-refractivity contribution in [2.75, 3.05) is 11.9 Å². The Morgan fingerprint density at radius 3 is 2.29 bits per heavy atom. The molecule has 0 bridgehead atoms. The van der Waals surface area contributed by atoms with Gasteiger partial charge in [-0.1, -0.05) is 35.0 Å². The Hall–Kier alpha value is -2.35. The van der Waals surface area contributed by atoms with Crippen LogP contribution < -0.4 is 10.6 Å². The molecule has 0 aliphatic heterocycles. The van der Waals surface area contributed by atoms with Gasteiger partial charge in [-0.05, 0) is 54.3 Å². The summed E-state index contributed by atoms with van der Waals surface area (Å²) >= 11 is 3.34. The van der Waals surface area contributed by atoms with Crippen molar-refractivity contribution >= 4 is 33.4 Å². The maximum Gasteiger partial charge on any atom is 0.416 e. The molecule has 150 valence electrons. The van der Waals surface area contributed by atoms with Gasteiger partial charge in [-0.2, -0.15) is 13.2 Å². The van der Waals surface area contributed by atoms with Gasteiger partial charge in [-0.25, -0.2) is 0 Å². The van der Waals surface area contributed by atoms with E-state index in [0.717, 1.165) is 22.2 Å². The van der Waals surface area contributed by atoms with E-state index in [-0.39, 0.29) is 30.7 Å². The van der Waals surface area contributed by atoms with Crippen LogP contribution in [-0.2, 0) is 15.8 Å². The van der Waals surface area contributed by atoms with Gasteiger partial charge in [-0.15, -0.1) is 0 Å². The van der Waals surface area contributed by atoms with Crippen LogP contribution in [0.15, 0.2) is 46.9 Å². The zero-order valence-electron chi connectivity index (χ0n) is 15.4. The smallest absolute Gasteiger partial charge is 0.347 e. The van der Waals surface area contributed by atoms with Crippen LogP contribution in [0.4, 0.5) is 18.9 Å². The van der Waals surface area contributed by atoms with Crippen molar-refractivity contribution in [3.63, 3.8) is 0 Å². The van der Waals surface area contributed by atoms with Crippen LogP contribution in [-0.4, -0.2) is 18.4 Å². The summed E-state index contributed by atoms with van der Waals surface area (Å²) in [6.07, 6.45) is -4.32. The van der Waals surface area contributed by atoms with Crippen molar-refractivity contribution in [3.8, 4) is 0 Å². The van der Waals surface area contributed by atoms with Crippen molar-refractivity contribution in [3.05, 3.63) is 63.6 Å². The molecule has 0 radical (unpaired) electrons. The maximum absolute atomic E-state index is 12.6. The van der Waals surface area contributed by atoms with E-state index in [4.69, 9.17) is 0 Å². The second-order valence-electron chi connectivity index (χ2n) is 6.51. The predicted octanol–water partition coefficient (Wildman–Crippen LogP) is 5.02. The highest BCUT2D eigenvalue weighted by Crippen LogP contribution is 2.30. The molecule has 0 heterocycles. The molecular formula is C20H20BrF3N2O2. The van der Waals surface area contributed by atoms with Gasteiger partial charge < -0.3 is 10.6 Å². The van der Waals surface area contributed by atoms with Gasteiger partial charge in [0, 0.05) is 16.6 Å². The van der Waals surface area contributed by atoms with Gasteiger partial charge in [-0.3, -0.25) is 9.59 Å². The normalized spacial score (nSPS) is 12.4. The molecule has 0 aromatic heterocycles. The minimum atomic E-state index is -4.39. The van der Waals surface area contributed by atoms with Gasteiger partial charge in [0.25, 0.3) is 0 Å². The molecule has 0 fully saturated rings. The first-order valence-electron chi connectivity index (χ1n) is 8.56. The largest absolute Gasteiger partial charge is 0.416 e. The van der Waals surface area contributed by atoms with Crippen LogP contribution >= 0.6 is 15.9 Å². The Morgan fingerprint density at radius 2 is 1.71 bits per heavy atom. The first kappa shape index (κ1) is 21.9. The number of halogens is 4. The van der Waals surface area contributed by atoms with Crippen LogP contribution in [0.5, 0.6) is 0 Å². The molecule has 2 aromatic rings. The molecule has 0 aliphatic carbocycles. The molecule has 28 heavy (non-hydrogen) atoms. The van der Waals surface area contributed by atoms with Crippen LogP contribution in [0.3, 0.4) is 0 Å². The molecule has 0 saturated heterocycles. The number of benzene rings is 2. The van der Waals surface area contributed by atoms with E-state index in [1.165, 1.54) is 12.1 Å². The topological polar surface area (TPSA) is 58.2 Å². The summed E-state index contributed by atoms with van der Waals surface area (Å²) in [7, 11) is 0. The van der Waals surface area contributed by atoms with Gasteiger partial charge in [0.2, 0.25) is 11.8 Å². The number of hydrogen-bond acceptors (Lipinski definition) is 2. The molecule has 0 saturated carbocycles. The third-order valence-corrected chi connectivity index (χ3v) is 4.70. The van der Waals surface area contributed by atoms with E-state index in [2.05, 4.69) is 26.6 Å². The fraction of sp³-hybridized carbons (Fsp3) is 0.300. The monoisotopic (exact) mass is 456 g/mol. The molecule has 2 aromatic carbocycles. The van der Waals surface area contributed by atoms with Crippen LogP contribution in [0.25, 0.3) is 0 Å². The lowest BCUT2D eigenvalue weighted by atomic mass is 9.96. The summed E-state index contributed by atoms with van der Waals surface area (Å²) in [5.74, 6) is -0.991. The molecule has 0 aliphatic rings. The molecule has 2 N–H and O–H groups in total.